The molecular weight excluding hydrogens is 418 g/mol. The van der Waals surface area contributed by atoms with Crippen LogP contribution in [0, 0.1) is 5.82 Å². The van der Waals surface area contributed by atoms with Gasteiger partial charge in [-0.15, -0.1) is 0 Å². The smallest absolute Gasteiger partial charge is 0.416 e. The molecule has 2 aromatic rings. The molecular formula is C18H11F4NO3S2. The van der Waals surface area contributed by atoms with E-state index in [0.717, 1.165) is 11.8 Å². The molecule has 1 saturated heterocycles. The Morgan fingerprint density at radius 1 is 1.21 bits per heavy atom. The monoisotopic (exact) mass is 429 g/mol. The Labute approximate surface area is 166 Å². The molecule has 0 aromatic heterocycles. The summed E-state index contributed by atoms with van der Waals surface area (Å²) in [6.45, 7) is 0. The standard InChI is InChI=1S/C18H11F4NO3S2/c1-26-10-4-8(5-14-16(25)23-17(27)28-14)15(24)12(7-10)11-6-9(18(20,21)22)2-3-13(11)19/h2-7,24H,1H3,(H,23,25,27). The predicted octanol–water partition coefficient (Wildman–Crippen LogP) is 4.71. The lowest BCUT2D eigenvalue weighted by Crippen LogP contribution is -2.17. The van der Waals surface area contributed by atoms with Crippen molar-refractivity contribution in [1.29, 1.82) is 0 Å². The molecule has 1 aliphatic heterocycles. The zero-order valence-electron chi connectivity index (χ0n) is 14.1. The summed E-state index contributed by atoms with van der Waals surface area (Å²) in [5.41, 5.74) is -1.67. The molecule has 3 rings (SSSR count). The lowest BCUT2D eigenvalue weighted by Gasteiger charge is -2.14. The number of hydrogen-bond donors (Lipinski definition) is 2. The number of aromatic hydroxyl groups is 1. The molecule has 1 amide bonds. The number of hydrogen-bond acceptors (Lipinski definition) is 5. The number of rotatable bonds is 3. The number of carbonyl (C=O) groups is 1. The lowest BCUT2D eigenvalue weighted by atomic mass is 9.98. The zero-order chi connectivity index (χ0) is 20.6. The summed E-state index contributed by atoms with van der Waals surface area (Å²) in [5, 5.41) is 13.0. The fourth-order valence-corrected chi connectivity index (χ4v) is 3.57. The maximum atomic E-state index is 14.3. The van der Waals surface area contributed by atoms with Crippen LogP contribution in [-0.4, -0.2) is 22.4 Å². The number of benzene rings is 2. The fraction of sp³-hybridized carbons (Fsp3) is 0.111. The fourth-order valence-electron chi connectivity index (χ4n) is 2.53. The first-order valence-corrected chi connectivity index (χ1v) is 8.85. The Kier molecular flexibility index (Phi) is 5.35. The number of ether oxygens (including phenoxy) is 1. The number of carbonyl (C=O) groups excluding carboxylic acids is 1. The van der Waals surface area contributed by atoms with E-state index in [1.54, 1.807) is 0 Å². The van der Waals surface area contributed by atoms with Crippen LogP contribution < -0.4 is 10.1 Å². The lowest BCUT2D eigenvalue weighted by molar-refractivity contribution is -0.137. The van der Waals surface area contributed by atoms with Crippen molar-refractivity contribution in [3.63, 3.8) is 0 Å². The van der Waals surface area contributed by atoms with E-state index >= 15 is 0 Å². The third-order valence-corrected chi connectivity index (χ3v) is 5.02. The number of thioether (sulfide) groups is 1. The van der Waals surface area contributed by atoms with Crippen molar-refractivity contribution in [1.82, 2.24) is 5.32 Å². The van der Waals surface area contributed by atoms with Crippen molar-refractivity contribution in [2.24, 2.45) is 0 Å². The zero-order valence-corrected chi connectivity index (χ0v) is 15.7. The Balaban J connectivity index is 2.19. The van der Waals surface area contributed by atoms with E-state index in [1.807, 2.05) is 0 Å². The molecule has 4 nitrogen and oxygen atoms in total. The third kappa shape index (κ3) is 3.97. The molecule has 0 atom stereocenters. The summed E-state index contributed by atoms with van der Waals surface area (Å²) in [4.78, 5) is 12.0. The van der Waals surface area contributed by atoms with Gasteiger partial charge in [0, 0.05) is 16.7 Å². The molecule has 1 aliphatic rings. The number of thiocarbonyl (C=S) groups is 1. The molecule has 2 N–H and O–H groups in total. The third-order valence-electron chi connectivity index (χ3n) is 3.86. The van der Waals surface area contributed by atoms with E-state index in [0.29, 0.717) is 18.2 Å². The first kappa shape index (κ1) is 20.2. The number of amides is 1. The molecule has 1 fully saturated rings. The average molecular weight is 429 g/mol. The van der Waals surface area contributed by atoms with Crippen LogP contribution in [0.4, 0.5) is 17.6 Å². The van der Waals surface area contributed by atoms with Gasteiger partial charge in [0.05, 0.1) is 17.6 Å². The first-order chi connectivity index (χ1) is 13.1. The second-order valence-corrected chi connectivity index (χ2v) is 7.38. The second kappa shape index (κ2) is 7.44. The van der Waals surface area contributed by atoms with Gasteiger partial charge in [0.15, 0.2) is 0 Å². The molecule has 10 heteroatoms. The Morgan fingerprint density at radius 3 is 2.50 bits per heavy atom. The average Bonchev–Trinajstić information content (AvgIpc) is 2.93. The van der Waals surface area contributed by atoms with Crippen LogP contribution in [0.2, 0.25) is 0 Å². The Hall–Kier alpha value is -2.59. The number of phenolic OH excluding ortho intramolecular Hbond substituents is 1. The number of methoxy groups -OCH3 is 1. The quantitative estimate of drug-likeness (QED) is 0.420. The summed E-state index contributed by atoms with van der Waals surface area (Å²) in [7, 11) is 1.31. The highest BCUT2D eigenvalue weighted by Gasteiger charge is 2.32. The van der Waals surface area contributed by atoms with E-state index in [-0.39, 0.29) is 26.1 Å². The van der Waals surface area contributed by atoms with Crippen molar-refractivity contribution in [2.45, 2.75) is 6.18 Å². The van der Waals surface area contributed by atoms with Gasteiger partial charge >= 0.3 is 6.18 Å². The molecule has 28 heavy (non-hydrogen) atoms. The SMILES string of the molecule is COc1cc(C=C2SC(=S)NC2=O)c(O)c(-c2cc(C(F)(F)F)ccc2F)c1. The summed E-state index contributed by atoms with van der Waals surface area (Å²) >= 11 is 5.84. The minimum absolute atomic E-state index is 0.0634. The number of nitrogens with one attached hydrogen (secondary N) is 1. The molecule has 0 radical (unpaired) electrons. The summed E-state index contributed by atoms with van der Waals surface area (Å²) < 4.78 is 58.7. The van der Waals surface area contributed by atoms with Crippen LogP contribution in [-0.2, 0) is 11.0 Å². The van der Waals surface area contributed by atoms with Gasteiger partial charge in [-0.1, -0.05) is 24.0 Å². The van der Waals surface area contributed by atoms with Crippen LogP contribution in [0.15, 0.2) is 35.2 Å². The van der Waals surface area contributed by atoms with Gasteiger partial charge in [-0.25, -0.2) is 4.39 Å². The van der Waals surface area contributed by atoms with Crippen LogP contribution >= 0.6 is 24.0 Å². The highest BCUT2D eigenvalue weighted by atomic mass is 32.2. The van der Waals surface area contributed by atoms with Crippen LogP contribution in [0.1, 0.15) is 11.1 Å². The van der Waals surface area contributed by atoms with E-state index in [9.17, 15) is 27.5 Å². The summed E-state index contributed by atoms with van der Waals surface area (Å²) in [5.74, 6) is -1.78. The van der Waals surface area contributed by atoms with Gasteiger partial charge in [0.25, 0.3) is 5.91 Å². The number of halogens is 4. The van der Waals surface area contributed by atoms with Gasteiger partial charge < -0.3 is 15.2 Å². The van der Waals surface area contributed by atoms with Gasteiger partial charge in [-0.2, -0.15) is 13.2 Å². The Bertz CT molecular complexity index is 1020. The van der Waals surface area contributed by atoms with Gasteiger partial charge in [0.1, 0.15) is 21.6 Å². The summed E-state index contributed by atoms with van der Waals surface area (Å²) in [6.07, 6.45) is -3.39. The van der Waals surface area contributed by atoms with Gasteiger partial charge in [0.2, 0.25) is 0 Å². The molecule has 1 heterocycles. The number of alkyl halides is 3. The molecule has 0 aliphatic carbocycles. The van der Waals surface area contributed by atoms with E-state index in [1.165, 1.54) is 25.3 Å². The minimum Gasteiger partial charge on any atom is -0.507 e. The van der Waals surface area contributed by atoms with Crippen molar-refractivity contribution in [3.8, 4) is 22.6 Å². The molecule has 146 valence electrons. The Morgan fingerprint density at radius 2 is 1.93 bits per heavy atom. The molecule has 0 unspecified atom stereocenters. The number of phenols is 1. The van der Waals surface area contributed by atoms with Gasteiger partial charge in [-0.05, 0) is 36.4 Å². The van der Waals surface area contributed by atoms with Crippen molar-refractivity contribution < 1.29 is 32.2 Å². The van der Waals surface area contributed by atoms with Crippen LogP contribution in [0.3, 0.4) is 0 Å². The van der Waals surface area contributed by atoms with Crippen LogP contribution in [0.25, 0.3) is 17.2 Å². The van der Waals surface area contributed by atoms with E-state index < -0.39 is 34.8 Å². The maximum absolute atomic E-state index is 14.3. The first-order valence-electron chi connectivity index (χ1n) is 7.63. The second-order valence-electron chi connectivity index (χ2n) is 5.66. The largest absolute Gasteiger partial charge is 0.507 e. The van der Waals surface area contributed by atoms with Crippen molar-refractivity contribution >= 4 is 40.3 Å². The van der Waals surface area contributed by atoms with Gasteiger partial charge in [-0.3, -0.25) is 4.79 Å². The van der Waals surface area contributed by atoms with Crippen LogP contribution in [0.5, 0.6) is 11.5 Å². The topological polar surface area (TPSA) is 58.6 Å². The molecule has 0 saturated carbocycles. The predicted molar refractivity (Wildman–Crippen MR) is 101 cm³/mol. The highest BCUT2D eigenvalue weighted by Crippen LogP contribution is 2.41. The minimum atomic E-state index is -4.68. The van der Waals surface area contributed by atoms with Crippen molar-refractivity contribution in [3.05, 3.63) is 52.2 Å². The highest BCUT2D eigenvalue weighted by molar-refractivity contribution is 8.26. The summed E-state index contributed by atoms with van der Waals surface area (Å²) in [6, 6.07) is 4.47. The normalized spacial score (nSPS) is 15.8. The molecule has 0 bridgehead atoms. The maximum Gasteiger partial charge on any atom is 0.416 e. The van der Waals surface area contributed by atoms with Crippen molar-refractivity contribution in [2.75, 3.05) is 7.11 Å². The molecule has 2 aromatic carbocycles. The van der Waals surface area contributed by atoms with E-state index in [2.05, 4.69) is 5.32 Å². The van der Waals surface area contributed by atoms with E-state index in [4.69, 9.17) is 17.0 Å². The molecule has 0 spiro atoms.